The second-order valence-corrected chi connectivity index (χ2v) is 3.62. The molecular formula is C10H9BrN2Na. The first-order valence-electron chi connectivity index (χ1n) is 3.92. The Morgan fingerprint density at radius 2 is 2.29 bits per heavy atom. The summed E-state index contributed by atoms with van der Waals surface area (Å²) in [6.07, 6.45) is 3.72. The van der Waals surface area contributed by atoms with Gasteiger partial charge in [0.15, 0.2) is 0 Å². The molecule has 0 aliphatic heterocycles. The van der Waals surface area contributed by atoms with Crippen LogP contribution in [0, 0.1) is 6.07 Å². The molecule has 0 aliphatic rings. The topological polar surface area (TPSA) is 17.8 Å². The van der Waals surface area contributed by atoms with Gasteiger partial charge in [-0.2, -0.15) is 0 Å². The Morgan fingerprint density at radius 1 is 1.50 bits per heavy atom. The molecule has 0 fully saturated rings. The molecule has 0 spiro atoms. The van der Waals surface area contributed by atoms with Gasteiger partial charge in [0.05, 0.1) is 0 Å². The van der Waals surface area contributed by atoms with Crippen LogP contribution in [-0.2, 0) is 7.05 Å². The van der Waals surface area contributed by atoms with Crippen molar-refractivity contribution in [2.24, 2.45) is 7.05 Å². The normalized spacial score (nSPS) is 9.57. The first-order valence-corrected chi connectivity index (χ1v) is 4.71. The Kier molecular flexibility index (Phi) is 4.38. The molecule has 1 radical (unpaired) electrons. The van der Waals surface area contributed by atoms with Crippen LogP contribution in [-0.4, -0.2) is 39.1 Å². The van der Waals surface area contributed by atoms with Gasteiger partial charge in [-0.25, -0.2) is 4.98 Å². The SMILES string of the molecule is Cn1ccnc1-c1cc[c]cc1Br.[NaH]. The van der Waals surface area contributed by atoms with Crippen LogP contribution >= 0.6 is 15.9 Å². The van der Waals surface area contributed by atoms with Gasteiger partial charge in [0.1, 0.15) is 5.82 Å². The van der Waals surface area contributed by atoms with Crippen LogP contribution in [0.15, 0.2) is 35.1 Å². The van der Waals surface area contributed by atoms with E-state index in [1.807, 2.05) is 36.0 Å². The predicted octanol–water partition coefficient (Wildman–Crippen LogP) is 2.00. The molecule has 1 aromatic heterocycles. The van der Waals surface area contributed by atoms with E-state index in [-0.39, 0.29) is 29.6 Å². The first-order chi connectivity index (χ1) is 6.29. The van der Waals surface area contributed by atoms with Crippen molar-refractivity contribution in [3.05, 3.63) is 41.1 Å². The molecular weight excluding hydrogens is 251 g/mol. The molecule has 1 heterocycles. The van der Waals surface area contributed by atoms with E-state index in [0.29, 0.717) is 0 Å². The van der Waals surface area contributed by atoms with Crippen molar-refractivity contribution in [1.82, 2.24) is 9.55 Å². The molecule has 0 bridgehead atoms. The number of hydrogen-bond acceptors (Lipinski definition) is 1. The predicted molar refractivity (Wildman–Crippen MR) is 62.3 cm³/mol. The van der Waals surface area contributed by atoms with Crippen molar-refractivity contribution in [2.45, 2.75) is 0 Å². The Labute approximate surface area is 114 Å². The van der Waals surface area contributed by atoms with Crippen LogP contribution in [0.3, 0.4) is 0 Å². The Balaban J connectivity index is 0.000000980. The van der Waals surface area contributed by atoms with Gasteiger partial charge in [-0.15, -0.1) is 0 Å². The van der Waals surface area contributed by atoms with Crippen LogP contribution in [0.4, 0.5) is 0 Å². The van der Waals surface area contributed by atoms with E-state index in [9.17, 15) is 0 Å². The maximum absolute atomic E-state index is 4.27. The van der Waals surface area contributed by atoms with E-state index in [2.05, 4.69) is 27.0 Å². The monoisotopic (exact) mass is 259 g/mol. The number of aryl methyl sites for hydroxylation is 1. The summed E-state index contributed by atoms with van der Waals surface area (Å²) in [7, 11) is 1.98. The summed E-state index contributed by atoms with van der Waals surface area (Å²) in [5, 5.41) is 0. The van der Waals surface area contributed by atoms with E-state index in [4.69, 9.17) is 0 Å². The Morgan fingerprint density at radius 3 is 2.86 bits per heavy atom. The molecule has 67 valence electrons. The average Bonchev–Trinajstić information content (AvgIpc) is 2.52. The number of halogens is 1. The third kappa shape index (κ3) is 2.28. The zero-order chi connectivity index (χ0) is 9.26. The number of aromatic nitrogens is 2. The molecule has 0 unspecified atom stereocenters. The van der Waals surface area contributed by atoms with Crippen molar-refractivity contribution in [1.29, 1.82) is 0 Å². The summed E-state index contributed by atoms with van der Waals surface area (Å²) in [5.74, 6) is 0.959. The summed E-state index contributed by atoms with van der Waals surface area (Å²) >= 11 is 3.47. The molecule has 1 aromatic carbocycles. The van der Waals surface area contributed by atoms with Crippen LogP contribution in [0.2, 0.25) is 0 Å². The fourth-order valence-corrected chi connectivity index (χ4v) is 1.66. The number of hydrogen-bond donors (Lipinski definition) is 0. The number of nitrogens with zero attached hydrogens (tertiary/aromatic N) is 2. The second kappa shape index (κ2) is 5.12. The van der Waals surface area contributed by atoms with Crippen molar-refractivity contribution in [3.63, 3.8) is 0 Å². The number of imidazole rings is 1. The number of rotatable bonds is 1. The standard InChI is InChI=1S/C10H8BrN2.Na.H/c1-13-7-6-12-10(13)8-4-2-3-5-9(8)11;;/h2,4-7H,1H3;;. The van der Waals surface area contributed by atoms with Gasteiger partial charge in [0.2, 0.25) is 0 Å². The second-order valence-electron chi connectivity index (χ2n) is 2.77. The molecule has 0 atom stereocenters. The molecule has 0 N–H and O–H groups in total. The van der Waals surface area contributed by atoms with Gasteiger partial charge in [-0.1, -0.05) is 22.0 Å². The molecule has 0 saturated carbocycles. The van der Waals surface area contributed by atoms with E-state index in [1.54, 1.807) is 6.20 Å². The summed E-state index contributed by atoms with van der Waals surface area (Å²) in [6, 6.07) is 8.77. The van der Waals surface area contributed by atoms with Gasteiger partial charge in [0.25, 0.3) is 0 Å². The van der Waals surface area contributed by atoms with E-state index >= 15 is 0 Å². The molecule has 14 heavy (non-hydrogen) atoms. The van der Waals surface area contributed by atoms with Crippen LogP contribution in [0.1, 0.15) is 0 Å². The molecule has 0 amide bonds. The van der Waals surface area contributed by atoms with Gasteiger partial charge < -0.3 is 4.57 Å². The van der Waals surface area contributed by atoms with Gasteiger partial charge >= 0.3 is 29.6 Å². The number of benzene rings is 1. The zero-order valence-electron chi connectivity index (χ0n) is 7.16. The van der Waals surface area contributed by atoms with Gasteiger partial charge in [-0.3, -0.25) is 0 Å². The Hall–Kier alpha value is -0.0900. The minimum atomic E-state index is 0. The molecule has 2 nitrogen and oxygen atoms in total. The van der Waals surface area contributed by atoms with Crippen molar-refractivity contribution < 1.29 is 0 Å². The summed E-state index contributed by atoms with van der Waals surface area (Å²) < 4.78 is 3.00. The van der Waals surface area contributed by atoms with E-state index < -0.39 is 0 Å². The minimum absolute atomic E-state index is 0. The van der Waals surface area contributed by atoms with E-state index in [0.717, 1.165) is 15.9 Å². The third-order valence-electron chi connectivity index (χ3n) is 1.88. The zero-order valence-corrected chi connectivity index (χ0v) is 8.75. The molecule has 4 heteroatoms. The fourth-order valence-electron chi connectivity index (χ4n) is 1.22. The van der Waals surface area contributed by atoms with Gasteiger partial charge in [-0.05, 0) is 18.2 Å². The molecule has 2 aromatic rings. The summed E-state index contributed by atoms with van der Waals surface area (Å²) in [4.78, 5) is 4.27. The van der Waals surface area contributed by atoms with Crippen LogP contribution < -0.4 is 0 Å². The van der Waals surface area contributed by atoms with Crippen LogP contribution in [0.25, 0.3) is 11.4 Å². The molecule has 2 rings (SSSR count). The Bertz CT molecular complexity index is 426. The van der Waals surface area contributed by atoms with Crippen molar-refractivity contribution in [3.8, 4) is 11.4 Å². The average molecular weight is 260 g/mol. The summed E-state index contributed by atoms with van der Waals surface area (Å²) in [5.41, 5.74) is 1.09. The molecule has 0 aliphatic carbocycles. The van der Waals surface area contributed by atoms with Crippen molar-refractivity contribution >= 4 is 45.5 Å². The summed E-state index contributed by atoms with van der Waals surface area (Å²) in [6.45, 7) is 0. The maximum atomic E-state index is 4.27. The van der Waals surface area contributed by atoms with Crippen molar-refractivity contribution in [2.75, 3.05) is 0 Å². The quantitative estimate of drug-likeness (QED) is 0.717. The fraction of sp³-hybridized carbons (Fsp3) is 0.100. The third-order valence-corrected chi connectivity index (χ3v) is 2.53. The van der Waals surface area contributed by atoms with Crippen LogP contribution in [0.5, 0.6) is 0 Å². The molecule has 0 saturated heterocycles. The van der Waals surface area contributed by atoms with Gasteiger partial charge in [0, 0.05) is 29.5 Å². The van der Waals surface area contributed by atoms with E-state index in [1.165, 1.54) is 0 Å². The first kappa shape index (κ1) is 12.0.